The maximum Gasteiger partial charge on any atom is 0.325 e. The van der Waals surface area contributed by atoms with Gasteiger partial charge in [0.2, 0.25) is 0 Å². The van der Waals surface area contributed by atoms with Crippen molar-refractivity contribution in [3.05, 3.63) is 89.5 Å². The van der Waals surface area contributed by atoms with E-state index in [-0.39, 0.29) is 6.16 Å². The molecule has 5 heteroatoms. The smallest absolute Gasteiger partial charge is 0.324 e. The first-order valence-corrected chi connectivity index (χ1v) is 10.7. The van der Waals surface area contributed by atoms with Gasteiger partial charge in [-0.25, -0.2) is 0 Å². The number of aryl methyl sites for hydroxylation is 3. The van der Waals surface area contributed by atoms with Crippen LogP contribution in [0.5, 0.6) is 0 Å². The van der Waals surface area contributed by atoms with Crippen LogP contribution >= 0.6 is 7.60 Å². The number of nitrogens with zero attached hydrogens (tertiary/aromatic N) is 1. The van der Waals surface area contributed by atoms with Gasteiger partial charge in [-0.05, 0) is 62.2 Å². The average Bonchev–Trinajstić information content (AvgIpc) is 2.64. The largest absolute Gasteiger partial charge is 0.325 e. The van der Waals surface area contributed by atoms with E-state index in [1.165, 1.54) is 11.1 Å². The van der Waals surface area contributed by atoms with Crippen molar-refractivity contribution in [3.8, 4) is 0 Å². The highest BCUT2D eigenvalue weighted by Gasteiger charge is 2.14. The van der Waals surface area contributed by atoms with Crippen molar-refractivity contribution >= 4 is 24.7 Å². The predicted octanol–water partition coefficient (Wildman–Crippen LogP) is 5.49. The summed E-state index contributed by atoms with van der Waals surface area (Å²) in [7, 11) is -3.98. The summed E-state index contributed by atoms with van der Waals surface area (Å²) in [6.45, 7) is 4.13. The molecule has 3 aromatic rings. The first-order valence-electron chi connectivity index (χ1n) is 8.89. The number of benzene rings is 3. The van der Waals surface area contributed by atoms with Gasteiger partial charge in [0.1, 0.15) is 0 Å². The number of anilines is 3. The van der Waals surface area contributed by atoms with Crippen molar-refractivity contribution in [2.24, 2.45) is 0 Å². The molecular weight excluding hydrogens is 357 g/mol. The van der Waals surface area contributed by atoms with Crippen molar-refractivity contribution in [2.45, 2.75) is 20.3 Å². The van der Waals surface area contributed by atoms with Crippen LogP contribution in [0.25, 0.3) is 0 Å². The fourth-order valence-electron chi connectivity index (χ4n) is 2.92. The molecule has 0 bridgehead atoms. The maximum atomic E-state index is 11.1. The van der Waals surface area contributed by atoms with Gasteiger partial charge in [-0.2, -0.15) is 0 Å². The van der Waals surface area contributed by atoms with Gasteiger partial charge in [-0.15, -0.1) is 0 Å². The predicted molar refractivity (Wildman–Crippen MR) is 111 cm³/mol. The first kappa shape index (κ1) is 19.4. The molecule has 0 amide bonds. The topological polar surface area (TPSA) is 60.8 Å². The third-order valence-electron chi connectivity index (χ3n) is 4.47. The fraction of sp³-hybridized carbons (Fsp3) is 0.182. The summed E-state index contributed by atoms with van der Waals surface area (Å²) in [4.78, 5) is 20.3. The van der Waals surface area contributed by atoms with Gasteiger partial charge in [-0.3, -0.25) is 4.57 Å². The van der Waals surface area contributed by atoms with Crippen LogP contribution in [-0.2, 0) is 11.0 Å². The molecule has 140 valence electrons. The molecule has 4 nitrogen and oxygen atoms in total. The van der Waals surface area contributed by atoms with Gasteiger partial charge >= 0.3 is 7.60 Å². The van der Waals surface area contributed by atoms with E-state index in [9.17, 15) is 4.57 Å². The molecule has 0 saturated heterocycles. The van der Waals surface area contributed by atoms with Gasteiger partial charge in [-0.1, -0.05) is 47.5 Å². The number of rotatable bonds is 6. The van der Waals surface area contributed by atoms with E-state index < -0.39 is 7.60 Å². The molecule has 0 aliphatic rings. The third-order valence-corrected chi connectivity index (χ3v) is 5.28. The number of hydrogen-bond acceptors (Lipinski definition) is 2. The molecule has 27 heavy (non-hydrogen) atoms. The summed E-state index contributed by atoms with van der Waals surface area (Å²) in [5, 5.41) is 0. The van der Waals surface area contributed by atoms with Crippen LogP contribution in [0.3, 0.4) is 0 Å². The van der Waals surface area contributed by atoms with Crippen LogP contribution < -0.4 is 4.90 Å². The standard InChI is InChI=1S/C22H24NO3P/c1-17-3-9-20(10-4-17)23(21-11-5-18(2)6-12-21)22-13-7-19(8-14-22)15-16-27(24,25)26/h3-14H,15-16H2,1-2H3,(H2,24,25,26). The molecule has 0 saturated carbocycles. The summed E-state index contributed by atoms with van der Waals surface area (Å²) < 4.78 is 11.1. The van der Waals surface area contributed by atoms with Crippen LogP contribution in [0.2, 0.25) is 0 Å². The zero-order chi connectivity index (χ0) is 19.4. The fourth-order valence-corrected chi connectivity index (χ4v) is 3.47. The second-order valence-electron chi connectivity index (χ2n) is 6.81. The molecule has 0 aliphatic carbocycles. The highest BCUT2D eigenvalue weighted by Crippen LogP contribution is 2.37. The Morgan fingerprint density at radius 1 is 0.704 bits per heavy atom. The minimum absolute atomic E-state index is 0.133. The van der Waals surface area contributed by atoms with Gasteiger partial charge < -0.3 is 14.7 Å². The Balaban J connectivity index is 1.94. The molecule has 0 fully saturated rings. The van der Waals surface area contributed by atoms with Crippen molar-refractivity contribution in [1.29, 1.82) is 0 Å². The lowest BCUT2D eigenvalue weighted by Crippen LogP contribution is -2.10. The summed E-state index contributed by atoms with van der Waals surface area (Å²) in [6, 6.07) is 24.6. The molecule has 0 atom stereocenters. The Kier molecular flexibility index (Phi) is 5.81. The van der Waals surface area contributed by atoms with Gasteiger partial charge in [0.25, 0.3) is 0 Å². The zero-order valence-electron chi connectivity index (χ0n) is 15.5. The molecule has 0 spiro atoms. The lowest BCUT2D eigenvalue weighted by molar-refractivity contribution is 0.373. The Hall–Kier alpha value is -2.39. The molecule has 0 unspecified atom stereocenters. The lowest BCUT2D eigenvalue weighted by atomic mass is 10.1. The Labute approximate surface area is 160 Å². The van der Waals surface area contributed by atoms with E-state index >= 15 is 0 Å². The number of hydrogen-bond donors (Lipinski definition) is 2. The van der Waals surface area contributed by atoms with Crippen molar-refractivity contribution in [2.75, 3.05) is 11.1 Å². The van der Waals surface area contributed by atoms with E-state index in [1.54, 1.807) is 0 Å². The minimum Gasteiger partial charge on any atom is -0.324 e. The molecule has 0 radical (unpaired) electrons. The maximum absolute atomic E-state index is 11.1. The minimum atomic E-state index is -3.98. The molecule has 3 rings (SSSR count). The summed E-state index contributed by atoms with van der Waals surface area (Å²) in [6.07, 6.45) is 0.228. The molecule has 0 aromatic heterocycles. The second kappa shape index (κ2) is 8.10. The highest BCUT2D eigenvalue weighted by molar-refractivity contribution is 7.51. The first-order chi connectivity index (χ1) is 12.8. The Morgan fingerprint density at radius 3 is 1.44 bits per heavy atom. The van der Waals surface area contributed by atoms with Crippen LogP contribution in [0.15, 0.2) is 72.8 Å². The van der Waals surface area contributed by atoms with Crippen LogP contribution in [0.1, 0.15) is 16.7 Å². The van der Waals surface area contributed by atoms with E-state index in [2.05, 4.69) is 67.3 Å². The normalized spacial score (nSPS) is 11.4. The van der Waals surface area contributed by atoms with E-state index in [1.807, 2.05) is 24.3 Å². The SMILES string of the molecule is Cc1ccc(N(c2ccc(C)cc2)c2ccc(CCP(=O)(O)O)cc2)cc1. The van der Waals surface area contributed by atoms with Crippen molar-refractivity contribution in [1.82, 2.24) is 0 Å². The third kappa shape index (κ3) is 5.30. The molecule has 0 aliphatic heterocycles. The Bertz CT molecular complexity index is 883. The average molecular weight is 381 g/mol. The van der Waals surface area contributed by atoms with Gasteiger partial charge in [0.15, 0.2) is 0 Å². The van der Waals surface area contributed by atoms with Crippen LogP contribution in [0.4, 0.5) is 17.1 Å². The van der Waals surface area contributed by atoms with Crippen LogP contribution in [-0.4, -0.2) is 15.9 Å². The molecule has 0 heterocycles. The van der Waals surface area contributed by atoms with Crippen molar-refractivity contribution in [3.63, 3.8) is 0 Å². The monoisotopic (exact) mass is 381 g/mol. The summed E-state index contributed by atoms with van der Waals surface area (Å²) >= 11 is 0. The molecule has 3 aromatic carbocycles. The zero-order valence-corrected chi connectivity index (χ0v) is 16.4. The molecule has 2 N–H and O–H groups in total. The second-order valence-corrected chi connectivity index (χ2v) is 8.59. The summed E-state index contributed by atoms with van der Waals surface area (Å²) in [5.74, 6) is 0. The van der Waals surface area contributed by atoms with Crippen molar-refractivity contribution < 1.29 is 14.4 Å². The van der Waals surface area contributed by atoms with E-state index in [4.69, 9.17) is 9.79 Å². The molecular formula is C22H24NO3P. The van der Waals surface area contributed by atoms with E-state index in [0.717, 1.165) is 22.6 Å². The van der Waals surface area contributed by atoms with Crippen LogP contribution in [0, 0.1) is 13.8 Å². The summed E-state index contributed by atoms with van der Waals surface area (Å²) in [5.41, 5.74) is 6.45. The van der Waals surface area contributed by atoms with Gasteiger partial charge in [0, 0.05) is 17.1 Å². The highest BCUT2D eigenvalue weighted by atomic mass is 31.2. The quantitative estimate of drug-likeness (QED) is 0.554. The van der Waals surface area contributed by atoms with Gasteiger partial charge in [0.05, 0.1) is 6.16 Å². The Morgan fingerprint density at radius 2 is 1.07 bits per heavy atom. The van der Waals surface area contributed by atoms with E-state index in [0.29, 0.717) is 6.42 Å². The lowest BCUT2D eigenvalue weighted by Gasteiger charge is -2.26.